The van der Waals surface area contributed by atoms with Crippen LogP contribution in [0.5, 0.6) is 0 Å². The smallest absolute Gasteiger partial charge is 0.416 e. The molecule has 2 aromatic carbocycles. The normalized spacial score (nSPS) is 15.6. The standard InChI is InChI=1S/C27H29F3N4O4/c1-26(2,3)22-21(13-17-9-11-19(12-10-17)27(28,29)30)23-33(25(36)37)14-20(15-34(23)32-22)31-24(35)38-16-18-7-5-4-6-8-18/h4-12,20H,13-16H2,1-3H3,(H,31,35)(H,36,37). The Morgan fingerprint density at radius 2 is 1.68 bits per heavy atom. The number of benzene rings is 2. The van der Waals surface area contributed by atoms with Crippen LogP contribution in [-0.4, -0.2) is 39.7 Å². The van der Waals surface area contributed by atoms with Gasteiger partial charge in [0.05, 0.1) is 30.4 Å². The number of hydrogen-bond acceptors (Lipinski definition) is 4. The average Bonchev–Trinajstić information content (AvgIpc) is 3.21. The molecule has 0 fully saturated rings. The number of aromatic nitrogens is 2. The largest absolute Gasteiger partial charge is 0.465 e. The van der Waals surface area contributed by atoms with Crippen molar-refractivity contribution >= 4 is 18.0 Å². The first-order valence-electron chi connectivity index (χ1n) is 12.1. The van der Waals surface area contributed by atoms with E-state index < -0.39 is 35.4 Å². The van der Waals surface area contributed by atoms with Gasteiger partial charge in [-0.3, -0.25) is 4.90 Å². The lowest BCUT2D eigenvalue weighted by atomic mass is 9.87. The number of fused-ring (bicyclic) bond motifs is 1. The molecule has 0 saturated heterocycles. The number of carbonyl (C=O) groups excluding carboxylic acids is 1. The van der Waals surface area contributed by atoms with E-state index in [2.05, 4.69) is 5.32 Å². The van der Waals surface area contributed by atoms with Gasteiger partial charge in [0.2, 0.25) is 0 Å². The predicted octanol–water partition coefficient (Wildman–Crippen LogP) is 5.58. The molecule has 11 heteroatoms. The van der Waals surface area contributed by atoms with Gasteiger partial charge in [-0.25, -0.2) is 14.3 Å². The summed E-state index contributed by atoms with van der Waals surface area (Å²) in [6.07, 6.45) is -6.16. The zero-order valence-corrected chi connectivity index (χ0v) is 21.2. The van der Waals surface area contributed by atoms with Gasteiger partial charge in [0.25, 0.3) is 0 Å². The highest BCUT2D eigenvalue weighted by molar-refractivity contribution is 5.87. The topological polar surface area (TPSA) is 96.7 Å². The van der Waals surface area contributed by atoms with Crippen LogP contribution in [-0.2, 0) is 35.9 Å². The summed E-state index contributed by atoms with van der Waals surface area (Å²) in [7, 11) is 0. The molecule has 3 aromatic rings. The van der Waals surface area contributed by atoms with E-state index in [1.165, 1.54) is 12.1 Å². The molecule has 1 aromatic heterocycles. The lowest BCUT2D eigenvalue weighted by Gasteiger charge is -2.32. The van der Waals surface area contributed by atoms with E-state index in [4.69, 9.17) is 9.84 Å². The number of halogens is 3. The summed E-state index contributed by atoms with van der Waals surface area (Å²) in [5.74, 6) is 0.345. The molecule has 1 unspecified atom stereocenters. The molecule has 1 aliphatic heterocycles. The van der Waals surface area contributed by atoms with Gasteiger partial charge in [-0.05, 0) is 23.3 Å². The second-order valence-corrected chi connectivity index (χ2v) is 10.3. The second kappa shape index (κ2) is 10.4. The highest BCUT2D eigenvalue weighted by atomic mass is 19.4. The summed E-state index contributed by atoms with van der Waals surface area (Å²) in [6, 6.07) is 13.4. The molecule has 0 radical (unpaired) electrons. The fraction of sp³-hybridized carbons (Fsp3) is 0.370. The van der Waals surface area contributed by atoms with Crippen LogP contribution >= 0.6 is 0 Å². The number of alkyl halides is 3. The fourth-order valence-electron chi connectivity index (χ4n) is 4.47. The highest BCUT2D eigenvalue weighted by Gasteiger charge is 2.37. The number of rotatable bonds is 5. The van der Waals surface area contributed by atoms with Crippen LogP contribution in [0.4, 0.5) is 28.6 Å². The number of alkyl carbamates (subject to hydrolysis) is 1. The zero-order chi connectivity index (χ0) is 27.7. The van der Waals surface area contributed by atoms with Crippen LogP contribution < -0.4 is 10.2 Å². The van der Waals surface area contributed by atoms with Crippen molar-refractivity contribution in [2.24, 2.45) is 0 Å². The fourth-order valence-corrected chi connectivity index (χ4v) is 4.47. The summed E-state index contributed by atoms with van der Waals surface area (Å²) in [4.78, 5) is 25.8. The Kier molecular flexibility index (Phi) is 7.39. The van der Waals surface area contributed by atoms with E-state index in [9.17, 15) is 27.9 Å². The molecule has 2 heterocycles. The van der Waals surface area contributed by atoms with Crippen molar-refractivity contribution in [2.45, 2.75) is 58.0 Å². The number of nitrogens with zero attached hydrogens (tertiary/aromatic N) is 3. The van der Waals surface area contributed by atoms with Gasteiger partial charge in [0, 0.05) is 17.4 Å². The lowest BCUT2D eigenvalue weighted by molar-refractivity contribution is -0.137. The minimum Gasteiger partial charge on any atom is -0.465 e. The number of anilines is 1. The first-order chi connectivity index (χ1) is 17.8. The molecule has 0 aliphatic carbocycles. The van der Waals surface area contributed by atoms with Gasteiger partial charge in [0.15, 0.2) is 0 Å². The van der Waals surface area contributed by atoms with Crippen LogP contribution in [0.1, 0.15) is 48.7 Å². The van der Waals surface area contributed by atoms with Gasteiger partial charge in [-0.1, -0.05) is 63.2 Å². The monoisotopic (exact) mass is 530 g/mol. The molecule has 0 bridgehead atoms. The lowest BCUT2D eigenvalue weighted by Crippen LogP contribution is -2.52. The third-order valence-electron chi connectivity index (χ3n) is 6.21. The van der Waals surface area contributed by atoms with Gasteiger partial charge in [-0.2, -0.15) is 18.3 Å². The van der Waals surface area contributed by atoms with Crippen molar-refractivity contribution in [3.63, 3.8) is 0 Å². The third-order valence-corrected chi connectivity index (χ3v) is 6.21. The molecular weight excluding hydrogens is 501 g/mol. The van der Waals surface area contributed by atoms with Crippen molar-refractivity contribution in [1.82, 2.24) is 15.1 Å². The average molecular weight is 531 g/mol. The van der Waals surface area contributed by atoms with Gasteiger partial charge >= 0.3 is 18.4 Å². The Labute approximate surface area is 218 Å². The van der Waals surface area contributed by atoms with Gasteiger partial charge in [-0.15, -0.1) is 0 Å². The molecule has 38 heavy (non-hydrogen) atoms. The third kappa shape index (κ3) is 6.09. The molecule has 0 spiro atoms. The molecule has 4 rings (SSSR count). The maximum atomic E-state index is 13.0. The van der Waals surface area contributed by atoms with Gasteiger partial charge < -0.3 is 15.2 Å². The Morgan fingerprint density at radius 1 is 1.03 bits per heavy atom. The number of carbonyl (C=O) groups is 2. The number of carboxylic acid groups (broad SMARTS) is 1. The van der Waals surface area contributed by atoms with Crippen molar-refractivity contribution in [3.05, 3.63) is 82.5 Å². The van der Waals surface area contributed by atoms with Crippen molar-refractivity contribution < 1.29 is 32.6 Å². The molecule has 2 N–H and O–H groups in total. The minimum absolute atomic E-state index is 0.0366. The summed E-state index contributed by atoms with van der Waals surface area (Å²) < 4.78 is 45.9. The SMILES string of the molecule is CC(C)(C)c1nn2c(c1Cc1ccc(C(F)(F)F)cc1)N(C(=O)O)CC(NC(=O)OCc1ccccc1)C2. The molecule has 0 saturated carbocycles. The summed E-state index contributed by atoms with van der Waals surface area (Å²) in [6.45, 7) is 6.03. The first kappa shape index (κ1) is 27.0. The number of amides is 2. The van der Waals surface area contributed by atoms with Gasteiger partial charge in [0.1, 0.15) is 12.4 Å². The van der Waals surface area contributed by atoms with E-state index >= 15 is 0 Å². The minimum atomic E-state index is -4.45. The van der Waals surface area contributed by atoms with Crippen LogP contribution in [0, 0.1) is 0 Å². The van der Waals surface area contributed by atoms with Crippen molar-refractivity contribution in [2.75, 3.05) is 11.4 Å². The molecule has 2 amide bonds. The highest BCUT2D eigenvalue weighted by Crippen LogP contribution is 2.37. The van der Waals surface area contributed by atoms with Crippen LogP contribution in [0.3, 0.4) is 0 Å². The Hall–Kier alpha value is -4.02. The summed E-state index contributed by atoms with van der Waals surface area (Å²) >= 11 is 0. The van der Waals surface area contributed by atoms with Crippen LogP contribution in [0.25, 0.3) is 0 Å². The predicted molar refractivity (Wildman–Crippen MR) is 134 cm³/mol. The van der Waals surface area contributed by atoms with Crippen LogP contribution in [0.2, 0.25) is 0 Å². The van der Waals surface area contributed by atoms with E-state index in [1.54, 1.807) is 4.68 Å². The Bertz CT molecular complexity index is 1300. The van der Waals surface area contributed by atoms with Crippen molar-refractivity contribution in [3.8, 4) is 0 Å². The second-order valence-electron chi connectivity index (χ2n) is 10.3. The van der Waals surface area contributed by atoms with E-state index in [-0.39, 0.29) is 26.1 Å². The zero-order valence-electron chi connectivity index (χ0n) is 21.2. The number of hydrogen-bond donors (Lipinski definition) is 2. The van der Waals surface area contributed by atoms with E-state index in [0.717, 1.165) is 22.6 Å². The molecule has 1 atom stereocenters. The van der Waals surface area contributed by atoms with E-state index in [0.29, 0.717) is 22.6 Å². The number of ether oxygens (including phenoxy) is 1. The number of nitrogens with one attached hydrogen (secondary N) is 1. The van der Waals surface area contributed by atoms with Crippen molar-refractivity contribution in [1.29, 1.82) is 0 Å². The molecular formula is C27H29F3N4O4. The van der Waals surface area contributed by atoms with Crippen LogP contribution in [0.15, 0.2) is 54.6 Å². The maximum absolute atomic E-state index is 13.0. The maximum Gasteiger partial charge on any atom is 0.416 e. The summed E-state index contributed by atoms with van der Waals surface area (Å²) in [5.41, 5.74) is 1.42. The first-order valence-corrected chi connectivity index (χ1v) is 12.1. The molecule has 202 valence electrons. The summed E-state index contributed by atoms with van der Waals surface area (Å²) in [5, 5.41) is 17.5. The molecule has 1 aliphatic rings. The Morgan fingerprint density at radius 3 is 2.26 bits per heavy atom. The Balaban J connectivity index is 1.59. The molecule has 8 nitrogen and oxygen atoms in total. The quantitative estimate of drug-likeness (QED) is 0.449. The van der Waals surface area contributed by atoms with E-state index in [1.807, 2.05) is 51.1 Å².